The maximum atomic E-state index is 13.2. The second-order valence-electron chi connectivity index (χ2n) is 7.44. The third-order valence-corrected chi connectivity index (χ3v) is 5.48. The fraction of sp³-hybridized carbons (Fsp3) is 0.350. The summed E-state index contributed by atoms with van der Waals surface area (Å²) in [5, 5.41) is 19.2. The number of nitrogens with zero attached hydrogens (tertiary/aromatic N) is 5. The number of carbonyl (C=O) groups is 1. The molecular formula is C20H18F3N5O4. The number of hydrogen-bond donors (Lipinski definition) is 0. The van der Waals surface area contributed by atoms with Gasteiger partial charge in [-0.25, -0.2) is 4.79 Å². The first-order valence-corrected chi connectivity index (χ1v) is 9.72. The number of nitro benzene ring substituents is 1. The van der Waals surface area contributed by atoms with Crippen LogP contribution in [0.15, 0.2) is 36.5 Å². The van der Waals surface area contributed by atoms with Crippen LogP contribution in [0, 0.1) is 10.1 Å². The zero-order valence-electron chi connectivity index (χ0n) is 16.9. The highest BCUT2D eigenvalue weighted by Crippen LogP contribution is 2.34. The Kier molecular flexibility index (Phi) is 5.45. The Labute approximate surface area is 179 Å². The fourth-order valence-electron chi connectivity index (χ4n) is 3.95. The van der Waals surface area contributed by atoms with Crippen LogP contribution in [0.3, 0.4) is 0 Å². The highest BCUT2D eigenvalue weighted by molar-refractivity contribution is 5.96. The second kappa shape index (κ2) is 8.09. The predicted octanol–water partition coefficient (Wildman–Crippen LogP) is 3.83. The van der Waals surface area contributed by atoms with Gasteiger partial charge in [0.1, 0.15) is 5.82 Å². The summed E-state index contributed by atoms with van der Waals surface area (Å²) in [4.78, 5) is 24.6. The highest BCUT2D eigenvalue weighted by atomic mass is 19.4. The molecule has 32 heavy (non-hydrogen) atoms. The third-order valence-electron chi connectivity index (χ3n) is 5.48. The Morgan fingerprint density at radius 1 is 1.25 bits per heavy atom. The smallest absolute Gasteiger partial charge is 0.417 e. The monoisotopic (exact) mass is 449 g/mol. The quantitative estimate of drug-likeness (QED) is 0.339. The lowest BCUT2D eigenvalue weighted by Gasteiger charge is -2.34. The summed E-state index contributed by atoms with van der Waals surface area (Å²) < 4.78 is 45.6. The van der Waals surface area contributed by atoms with Gasteiger partial charge in [0, 0.05) is 37.3 Å². The summed E-state index contributed by atoms with van der Waals surface area (Å²) in [6, 6.07) is 6.17. The maximum Gasteiger partial charge on any atom is 0.417 e. The van der Waals surface area contributed by atoms with Crippen molar-refractivity contribution in [3.05, 3.63) is 63.6 Å². The van der Waals surface area contributed by atoms with Crippen molar-refractivity contribution in [1.29, 1.82) is 0 Å². The average Bonchev–Trinajstić information content (AvgIpc) is 3.21. The minimum Gasteiger partial charge on any atom is -0.465 e. The molecule has 3 heterocycles. The number of methoxy groups -OCH3 is 1. The number of alkyl halides is 3. The standard InChI is InChI=1S/C20H18F3N5O4/c1-32-19(29)15-9-14(28(30)31)5-6-16(15)26-8-2-3-12(10-26)18-25-24-17-7-4-13(11-27(17)18)20(21,22)23/h4-7,9,11-12H,2-3,8,10H2,1H3. The Morgan fingerprint density at radius 3 is 2.72 bits per heavy atom. The molecule has 12 heteroatoms. The lowest BCUT2D eigenvalue weighted by atomic mass is 9.96. The molecule has 1 unspecified atom stereocenters. The number of fused-ring (bicyclic) bond motifs is 1. The van der Waals surface area contributed by atoms with Crippen LogP contribution in [-0.4, -0.2) is 45.7 Å². The zero-order valence-corrected chi connectivity index (χ0v) is 16.9. The van der Waals surface area contributed by atoms with Crippen LogP contribution in [-0.2, 0) is 10.9 Å². The SMILES string of the molecule is COC(=O)c1cc([N+](=O)[O-])ccc1N1CCCC(c2nnc3ccc(C(F)(F)F)cn23)C1. The van der Waals surface area contributed by atoms with Crippen molar-refractivity contribution in [3.8, 4) is 0 Å². The van der Waals surface area contributed by atoms with Gasteiger partial charge in [0.05, 0.1) is 28.8 Å². The van der Waals surface area contributed by atoms with Gasteiger partial charge in [-0.2, -0.15) is 13.2 Å². The molecule has 0 amide bonds. The van der Waals surface area contributed by atoms with Crippen molar-refractivity contribution in [1.82, 2.24) is 14.6 Å². The van der Waals surface area contributed by atoms with Crippen LogP contribution < -0.4 is 4.90 Å². The number of benzene rings is 1. The maximum absolute atomic E-state index is 13.2. The number of piperidine rings is 1. The van der Waals surface area contributed by atoms with Crippen molar-refractivity contribution in [2.45, 2.75) is 24.9 Å². The molecule has 0 N–H and O–H groups in total. The number of aromatic nitrogens is 3. The number of ether oxygens (including phenoxy) is 1. The number of non-ortho nitro benzene ring substituents is 1. The average molecular weight is 449 g/mol. The highest BCUT2D eigenvalue weighted by Gasteiger charge is 2.33. The Balaban J connectivity index is 1.69. The largest absolute Gasteiger partial charge is 0.465 e. The van der Waals surface area contributed by atoms with E-state index < -0.39 is 22.6 Å². The van der Waals surface area contributed by atoms with Crippen molar-refractivity contribution >= 4 is 23.0 Å². The van der Waals surface area contributed by atoms with E-state index in [1.54, 1.807) is 0 Å². The van der Waals surface area contributed by atoms with Gasteiger partial charge < -0.3 is 9.64 Å². The number of pyridine rings is 1. The van der Waals surface area contributed by atoms with Gasteiger partial charge in [0.2, 0.25) is 0 Å². The van der Waals surface area contributed by atoms with Crippen LogP contribution in [0.1, 0.15) is 40.5 Å². The molecule has 1 aliphatic rings. The molecule has 1 fully saturated rings. The molecule has 0 bridgehead atoms. The molecule has 3 aromatic rings. The van der Waals surface area contributed by atoms with Crippen molar-refractivity contribution in [2.75, 3.05) is 25.1 Å². The lowest BCUT2D eigenvalue weighted by molar-refractivity contribution is -0.384. The molecular weight excluding hydrogens is 431 g/mol. The van der Waals surface area contributed by atoms with Crippen molar-refractivity contribution in [2.24, 2.45) is 0 Å². The predicted molar refractivity (Wildman–Crippen MR) is 107 cm³/mol. The summed E-state index contributed by atoms with van der Waals surface area (Å²) in [7, 11) is 1.19. The molecule has 1 aliphatic heterocycles. The summed E-state index contributed by atoms with van der Waals surface area (Å²) in [6.07, 6.45) is -2.18. The van der Waals surface area contributed by atoms with E-state index >= 15 is 0 Å². The van der Waals surface area contributed by atoms with Crippen molar-refractivity contribution in [3.63, 3.8) is 0 Å². The van der Waals surface area contributed by atoms with Crippen LogP contribution >= 0.6 is 0 Å². The van der Waals surface area contributed by atoms with E-state index in [0.717, 1.165) is 18.3 Å². The summed E-state index contributed by atoms with van der Waals surface area (Å²) >= 11 is 0. The van der Waals surface area contributed by atoms with Crippen LogP contribution in [0.25, 0.3) is 5.65 Å². The van der Waals surface area contributed by atoms with Crippen LogP contribution in [0.5, 0.6) is 0 Å². The van der Waals surface area contributed by atoms with Crippen LogP contribution in [0.2, 0.25) is 0 Å². The molecule has 0 saturated carbocycles. The zero-order chi connectivity index (χ0) is 23.0. The van der Waals surface area contributed by atoms with Gasteiger partial charge in [-0.15, -0.1) is 10.2 Å². The summed E-state index contributed by atoms with van der Waals surface area (Å²) in [6.45, 7) is 0.904. The van der Waals surface area contributed by atoms with Gasteiger partial charge in [-0.3, -0.25) is 14.5 Å². The molecule has 0 spiro atoms. The van der Waals surface area contributed by atoms with E-state index in [0.29, 0.717) is 43.1 Å². The summed E-state index contributed by atoms with van der Waals surface area (Å²) in [5.41, 5.74) is -0.242. The van der Waals surface area contributed by atoms with E-state index in [1.165, 1.54) is 29.7 Å². The van der Waals surface area contributed by atoms with Gasteiger partial charge in [-0.05, 0) is 31.0 Å². The lowest BCUT2D eigenvalue weighted by Crippen LogP contribution is -2.36. The Hall–Kier alpha value is -3.70. The molecule has 2 aromatic heterocycles. The van der Waals surface area contributed by atoms with E-state index in [1.807, 2.05) is 4.90 Å². The number of esters is 1. The van der Waals surface area contributed by atoms with E-state index in [9.17, 15) is 28.1 Å². The van der Waals surface area contributed by atoms with Gasteiger partial charge in [-0.1, -0.05) is 0 Å². The number of anilines is 1. The first-order valence-electron chi connectivity index (χ1n) is 9.72. The van der Waals surface area contributed by atoms with E-state index in [-0.39, 0.29) is 17.2 Å². The van der Waals surface area contributed by atoms with Gasteiger partial charge in [0.25, 0.3) is 5.69 Å². The molecule has 1 aromatic carbocycles. The Morgan fingerprint density at radius 2 is 2.03 bits per heavy atom. The topological polar surface area (TPSA) is 103 Å². The fourth-order valence-corrected chi connectivity index (χ4v) is 3.95. The molecule has 0 aliphatic carbocycles. The molecule has 1 atom stereocenters. The molecule has 9 nitrogen and oxygen atoms in total. The molecule has 4 rings (SSSR count). The van der Waals surface area contributed by atoms with E-state index in [2.05, 4.69) is 10.2 Å². The number of nitro groups is 1. The first-order chi connectivity index (χ1) is 15.2. The molecule has 1 saturated heterocycles. The minimum absolute atomic E-state index is 0.0489. The Bertz CT molecular complexity index is 1190. The minimum atomic E-state index is -4.50. The number of rotatable bonds is 4. The number of carbonyl (C=O) groups excluding carboxylic acids is 1. The third kappa shape index (κ3) is 3.95. The van der Waals surface area contributed by atoms with E-state index in [4.69, 9.17) is 4.74 Å². The molecule has 168 valence electrons. The summed E-state index contributed by atoms with van der Waals surface area (Å²) in [5.74, 6) is -0.589. The first kappa shape index (κ1) is 21.5. The number of hydrogen-bond acceptors (Lipinski definition) is 7. The molecule has 0 radical (unpaired) electrons. The van der Waals surface area contributed by atoms with Crippen molar-refractivity contribution < 1.29 is 27.6 Å². The van der Waals surface area contributed by atoms with Gasteiger partial charge >= 0.3 is 12.1 Å². The van der Waals surface area contributed by atoms with Gasteiger partial charge in [0.15, 0.2) is 5.65 Å². The normalized spacial score (nSPS) is 16.9. The van der Waals surface area contributed by atoms with Crippen LogP contribution in [0.4, 0.5) is 24.5 Å². The number of halogens is 3. The second-order valence-corrected chi connectivity index (χ2v) is 7.44.